The molecule has 1 aromatic rings. The van der Waals surface area contributed by atoms with E-state index >= 15 is 0 Å². The minimum atomic E-state index is -3.44. The highest BCUT2D eigenvalue weighted by molar-refractivity contribution is 7.92. The van der Waals surface area contributed by atoms with Gasteiger partial charge in [-0.2, -0.15) is 0 Å². The molecule has 22 heavy (non-hydrogen) atoms. The summed E-state index contributed by atoms with van der Waals surface area (Å²) in [6, 6.07) is 6.54. The van der Waals surface area contributed by atoms with E-state index in [1.165, 1.54) is 0 Å². The fraction of sp³-hybridized carbons (Fsp3) is 0.500. The number of nitrogens with two attached hydrogens (primary N) is 1. The van der Waals surface area contributed by atoms with Gasteiger partial charge in [-0.3, -0.25) is 9.52 Å². The molecular formula is C14H24ClN3O3S. The van der Waals surface area contributed by atoms with Gasteiger partial charge < -0.3 is 10.6 Å². The standard InChI is InChI=1S/C14H23N3O3S.ClH/c1-14(2,9-15)10-17(3)13(18)11-7-5-6-8-12(11)16-21(4,19)20;/h5-8,16H,9-10,15H2,1-4H3;1H. The van der Waals surface area contributed by atoms with Gasteiger partial charge in [-0.25, -0.2) is 8.42 Å². The predicted octanol–water partition coefficient (Wildman–Crippen LogP) is 1.54. The number of carbonyl (C=O) groups excluding carboxylic acids is 1. The van der Waals surface area contributed by atoms with Crippen molar-refractivity contribution in [2.24, 2.45) is 11.1 Å². The molecule has 126 valence electrons. The van der Waals surface area contributed by atoms with E-state index in [0.717, 1.165) is 6.26 Å². The topological polar surface area (TPSA) is 92.5 Å². The second-order valence-corrected chi connectivity index (χ2v) is 7.70. The molecule has 0 aliphatic rings. The molecule has 1 rings (SSSR count). The summed E-state index contributed by atoms with van der Waals surface area (Å²) in [5, 5.41) is 0. The number of carbonyl (C=O) groups is 1. The van der Waals surface area contributed by atoms with Crippen LogP contribution in [0.25, 0.3) is 0 Å². The normalized spacial score (nSPS) is 11.5. The molecule has 6 nitrogen and oxygen atoms in total. The third-order valence-corrected chi connectivity index (χ3v) is 3.61. The Kier molecular flexibility index (Phi) is 7.34. The van der Waals surface area contributed by atoms with Crippen molar-refractivity contribution in [2.75, 3.05) is 31.1 Å². The van der Waals surface area contributed by atoms with Crippen LogP contribution in [0.1, 0.15) is 24.2 Å². The van der Waals surface area contributed by atoms with Crippen LogP contribution < -0.4 is 10.5 Å². The van der Waals surface area contributed by atoms with Crippen LogP contribution in [0, 0.1) is 5.41 Å². The van der Waals surface area contributed by atoms with E-state index in [9.17, 15) is 13.2 Å². The number of hydrogen-bond donors (Lipinski definition) is 2. The highest BCUT2D eigenvalue weighted by Gasteiger charge is 2.23. The van der Waals surface area contributed by atoms with E-state index in [1.807, 2.05) is 13.8 Å². The van der Waals surface area contributed by atoms with E-state index in [0.29, 0.717) is 18.7 Å². The number of benzene rings is 1. The molecule has 0 spiro atoms. The molecule has 3 N–H and O–H groups in total. The number of rotatable bonds is 6. The van der Waals surface area contributed by atoms with Crippen LogP contribution in [0.4, 0.5) is 5.69 Å². The third-order valence-electron chi connectivity index (χ3n) is 3.02. The van der Waals surface area contributed by atoms with E-state index in [2.05, 4.69) is 4.72 Å². The first-order chi connectivity index (χ1) is 9.56. The Morgan fingerprint density at radius 1 is 1.32 bits per heavy atom. The van der Waals surface area contributed by atoms with Crippen molar-refractivity contribution in [1.82, 2.24) is 4.90 Å². The Hall–Kier alpha value is -1.31. The van der Waals surface area contributed by atoms with Gasteiger partial charge in [0, 0.05) is 13.6 Å². The Morgan fingerprint density at radius 2 is 1.86 bits per heavy atom. The van der Waals surface area contributed by atoms with Gasteiger partial charge in [0.1, 0.15) is 0 Å². The van der Waals surface area contributed by atoms with Gasteiger partial charge in [0.25, 0.3) is 5.91 Å². The van der Waals surface area contributed by atoms with Crippen molar-refractivity contribution < 1.29 is 13.2 Å². The first-order valence-electron chi connectivity index (χ1n) is 6.58. The van der Waals surface area contributed by atoms with Crippen molar-refractivity contribution in [3.05, 3.63) is 29.8 Å². The van der Waals surface area contributed by atoms with Crippen molar-refractivity contribution in [3.63, 3.8) is 0 Å². The highest BCUT2D eigenvalue weighted by atomic mass is 35.5. The van der Waals surface area contributed by atoms with Crippen LogP contribution in [-0.2, 0) is 10.0 Å². The lowest BCUT2D eigenvalue weighted by molar-refractivity contribution is 0.0741. The van der Waals surface area contributed by atoms with Crippen LogP contribution >= 0.6 is 12.4 Å². The third kappa shape index (κ3) is 6.21. The number of amides is 1. The fourth-order valence-corrected chi connectivity index (χ4v) is 2.52. The van der Waals surface area contributed by atoms with Crippen LogP contribution in [0.15, 0.2) is 24.3 Å². The summed E-state index contributed by atoms with van der Waals surface area (Å²) in [5.74, 6) is -0.247. The molecule has 0 radical (unpaired) electrons. The fourth-order valence-electron chi connectivity index (χ4n) is 1.94. The second kappa shape index (κ2) is 7.80. The van der Waals surface area contributed by atoms with Gasteiger partial charge in [-0.15, -0.1) is 12.4 Å². The summed E-state index contributed by atoms with van der Waals surface area (Å²) in [7, 11) is -1.76. The van der Waals surface area contributed by atoms with Gasteiger partial charge >= 0.3 is 0 Å². The monoisotopic (exact) mass is 349 g/mol. The molecule has 0 saturated carbocycles. The summed E-state index contributed by atoms with van der Waals surface area (Å²) >= 11 is 0. The quantitative estimate of drug-likeness (QED) is 0.814. The molecule has 0 fully saturated rings. The molecule has 0 heterocycles. The largest absolute Gasteiger partial charge is 0.341 e. The first kappa shape index (κ1) is 20.7. The number of sulfonamides is 1. The first-order valence-corrected chi connectivity index (χ1v) is 8.47. The second-order valence-electron chi connectivity index (χ2n) is 5.95. The van der Waals surface area contributed by atoms with E-state index < -0.39 is 10.0 Å². The molecule has 0 aliphatic carbocycles. The van der Waals surface area contributed by atoms with E-state index in [-0.39, 0.29) is 29.4 Å². The zero-order valence-corrected chi connectivity index (χ0v) is 14.9. The maximum Gasteiger partial charge on any atom is 0.255 e. The van der Waals surface area contributed by atoms with Crippen LogP contribution in [-0.4, -0.2) is 45.6 Å². The average molecular weight is 350 g/mol. The molecule has 0 aliphatic heterocycles. The Bertz CT molecular complexity index is 618. The minimum Gasteiger partial charge on any atom is -0.341 e. The molecule has 0 saturated heterocycles. The molecule has 8 heteroatoms. The summed E-state index contributed by atoms with van der Waals surface area (Å²) in [6.45, 7) is 4.87. The number of anilines is 1. The minimum absolute atomic E-state index is 0. The van der Waals surface area contributed by atoms with E-state index in [4.69, 9.17) is 5.73 Å². The van der Waals surface area contributed by atoms with Crippen molar-refractivity contribution in [2.45, 2.75) is 13.8 Å². The van der Waals surface area contributed by atoms with Gasteiger partial charge in [0.2, 0.25) is 10.0 Å². The summed E-state index contributed by atoms with van der Waals surface area (Å²) in [4.78, 5) is 14.0. The maximum atomic E-state index is 12.5. The smallest absolute Gasteiger partial charge is 0.255 e. The molecule has 1 aromatic carbocycles. The number of nitrogens with one attached hydrogen (secondary N) is 1. The Labute approximate surface area is 138 Å². The lowest BCUT2D eigenvalue weighted by Gasteiger charge is -2.29. The molecule has 0 bridgehead atoms. The molecule has 0 atom stereocenters. The van der Waals surface area contributed by atoms with Crippen molar-refractivity contribution in [1.29, 1.82) is 0 Å². The highest BCUT2D eigenvalue weighted by Crippen LogP contribution is 2.20. The SMILES string of the molecule is CN(CC(C)(C)CN)C(=O)c1ccccc1NS(C)(=O)=O.Cl. The van der Waals surface area contributed by atoms with Crippen molar-refractivity contribution in [3.8, 4) is 0 Å². The van der Waals surface area contributed by atoms with Crippen LogP contribution in [0.3, 0.4) is 0 Å². The Balaban J connectivity index is 0.00000441. The van der Waals surface area contributed by atoms with Gasteiger partial charge in [-0.1, -0.05) is 26.0 Å². The lowest BCUT2D eigenvalue weighted by Crippen LogP contribution is -2.40. The average Bonchev–Trinajstić information content (AvgIpc) is 2.36. The number of para-hydroxylation sites is 1. The maximum absolute atomic E-state index is 12.5. The lowest BCUT2D eigenvalue weighted by atomic mass is 9.93. The Morgan fingerprint density at radius 3 is 2.36 bits per heavy atom. The number of nitrogens with zero attached hydrogens (tertiary/aromatic N) is 1. The van der Waals surface area contributed by atoms with Crippen LogP contribution in [0.2, 0.25) is 0 Å². The van der Waals surface area contributed by atoms with E-state index in [1.54, 1.807) is 36.2 Å². The molecule has 0 unspecified atom stereocenters. The van der Waals surface area contributed by atoms with Crippen molar-refractivity contribution >= 4 is 34.0 Å². The van der Waals surface area contributed by atoms with Crippen LogP contribution in [0.5, 0.6) is 0 Å². The van der Waals surface area contributed by atoms with Gasteiger partial charge in [0.05, 0.1) is 17.5 Å². The number of halogens is 1. The predicted molar refractivity (Wildman–Crippen MR) is 92.0 cm³/mol. The van der Waals surface area contributed by atoms with Gasteiger partial charge in [0.15, 0.2) is 0 Å². The molecule has 1 amide bonds. The zero-order chi connectivity index (χ0) is 16.3. The summed E-state index contributed by atoms with van der Waals surface area (Å²) in [5.41, 5.74) is 6.07. The summed E-state index contributed by atoms with van der Waals surface area (Å²) in [6.07, 6.45) is 1.05. The number of hydrogen-bond acceptors (Lipinski definition) is 4. The molecular weight excluding hydrogens is 326 g/mol. The summed E-state index contributed by atoms with van der Waals surface area (Å²) < 4.78 is 25.1. The van der Waals surface area contributed by atoms with Gasteiger partial charge in [-0.05, 0) is 24.1 Å². The molecule has 0 aromatic heterocycles. The zero-order valence-electron chi connectivity index (χ0n) is 13.3.